The van der Waals surface area contributed by atoms with Gasteiger partial charge in [0.2, 0.25) is 0 Å². The van der Waals surface area contributed by atoms with Gasteiger partial charge in [0.15, 0.2) is 0 Å². The maximum atomic E-state index is 13.4. The first-order valence-electron chi connectivity index (χ1n) is 12.0. The molecule has 5 rings (SSSR count). The average molecular weight is 492 g/mol. The van der Waals surface area contributed by atoms with Gasteiger partial charge in [-0.3, -0.25) is 14.3 Å². The molecule has 0 saturated carbocycles. The molecule has 0 bridgehead atoms. The van der Waals surface area contributed by atoms with Crippen molar-refractivity contribution < 1.29 is 14.7 Å². The summed E-state index contributed by atoms with van der Waals surface area (Å²) in [5.41, 5.74) is 5.49. The van der Waals surface area contributed by atoms with Crippen molar-refractivity contribution in [2.45, 2.75) is 19.4 Å². The van der Waals surface area contributed by atoms with E-state index in [4.69, 9.17) is 10.4 Å². The monoisotopic (exact) mass is 491 g/mol. The lowest BCUT2D eigenvalue weighted by atomic mass is 10.0. The van der Waals surface area contributed by atoms with Gasteiger partial charge in [-0.15, -0.1) is 0 Å². The molecular weight excluding hydrogens is 466 g/mol. The number of aliphatic hydroxyl groups excluding tert-OH is 1. The van der Waals surface area contributed by atoms with Crippen LogP contribution in [0.2, 0.25) is 0 Å². The van der Waals surface area contributed by atoms with Crippen LogP contribution in [-0.4, -0.2) is 39.9 Å². The van der Waals surface area contributed by atoms with Gasteiger partial charge in [0.05, 0.1) is 29.9 Å². The lowest BCUT2D eigenvalue weighted by Crippen LogP contribution is -2.41. The Kier molecular flexibility index (Phi) is 6.79. The Hall–Kier alpha value is -4.74. The molecule has 0 radical (unpaired) electrons. The van der Waals surface area contributed by atoms with Crippen LogP contribution in [0, 0.1) is 11.3 Å². The van der Waals surface area contributed by atoms with E-state index in [-0.39, 0.29) is 23.8 Å². The van der Waals surface area contributed by atoms with Gasteiger partial charge in [-0.2, -0.15) is 10.4 Å². The predicted molar refractivity (Wildman–Crippen MR) is 139 cm³/mol. The molecule has 0 saturated heterocycles. The molecule has 0 fully saturated rings. The molecule has 4 aromatic rings. The van der Waals surface area contributed by atoms with Gasteiger partial charge in [0.1, 0.15) is 5.69 Å². The van der Waals surface area contributed by atoms with Gasteiger partial charge < -0.3 is 15.3 Å². The number of fused-ring (bicyclic) bond motifs is 1. The number of aromatic nitrogens is 2. The zero-order valence-corrected chi connectivity index (χ0v) is 20.1. The van der Waals surface area contributed by atoms with E-state index in [1.807, 2.05) is 42.5 Å². The van der Waals surface area contributed by atoms with Gasteiger partial charge in [-0.05, 0) is 59.9 Å². The van der Waals surface area contributed by atoms with Gasteiger partial charge in [0, 0.05) is 24.5 Å². The molecule has 1 aliphatic heterocycles. The van der Waals surface area contributed by atoms with Crippen LogP contribution >= 0.6 is 0 Å². The van der Waals surface area contributed by atoms with E-state index in [0.717, 1.165) is 23.2 Å². The van der Waals surface area contributed by atoms with Crippen LogP contribution in [0.4, 0.5) is 11.4 Å². The second kappa shape index (κ2) is 10.5. The Balaban J connectivity index is 1.30. The summed E-state index contributed by atoms with van der Waals surface area (Å²) < 4.78 is 1.56. The number of amides is 2. The van der Waals surface area contributed by atoms with Crippen LogP contribution in [0.1, 0.15) is 43.1 Å². The molecule has 0 atom stereocenters. The van der Waals surface area contributed by atoms with Crippen LogP contribution in [0.5, 0.6) is 0 Å². The van der Waals surface area contributed by atoms with Crippen molar-refractivity contribution in [3.8, 4) is 6.07 Å². The number of nitrogens with zero attached hydrogens (tertiary/aromatic N) is 4. The highest BCUT2D eigenvalue weighted by Gasteiger charge is 2.32. The molecule has 8 nitrogen and oxygen atoms in total. The SMILES string of the molecule is N#Cc1cccc(NC(=O)c2cnn3c2C(=O)N(c2ccc(Cc4ccc(CCO)cc4)cc2)CC3)c1. The molecule has 184 valence electrons. The summed E-state index contributed by atoms with van der Waals surface area (Å²) in [7, 11) is 0. The van der Waals surface area contributed by atoms with Gasteiger partial charge in [0.25, 0.3) is 11.8 Å². The Morgan fingerprint density at radius 3 is 2.41 bits per heavy atom. The van der Waals surface area contributed by atoms with Crippen LogP contribution in [-0.2, 0) is 19.4 Å². The molecule has 37 heavy (non-hydrogen) atoms. The van der Waals surface area contributed by atoms with Gasteiger partial charge in [-0.1, -0.05) is 42.5 Å². The second-order valence-electron chi connectivity index (χ2n) is 8.87. The Labute approximate surface area is 214 Å². The smallest absolute Gasteiger partial charge is 0.277 e. The minimum absolute atomic E-state index is 0.138. The van der Waals surface area contributed by atoms with Crippen molar-refractivity contribution in [2.75, 3.05) is 23.4 Å². The standard InChI is InChI=1S/C29H25N5O3/c30-18-23-2-1-3-24(17-23)32-28(36)26-19-31-34-14-13-33(29(37)27(26)34)25-10-8-22(9-11-25)16-21-6-4-20(5-7-21)12-15-35/h1-11,17,19,35H,12-16H2,(H,32,36). The van der Waals surface area contributed by atoms with Crippen molar-refractivity contribution in [1.29, 1.82) is 5.26 Å². The van der Waals surface area contributed by atoms with E-state index in [2.05, 4.69) is 22.5 Å². The van der Waals surface area contributed by atoms with Crippen molar-refractivity contribution >= 4 is 23.2 Å². The summed E-state index contributed by atoms with van der Waals surface area (Å²) in [5.74, 6) is -0.737. The number of aliphatic hydroxyl groups is 1. The highest BCUT2D eigenvalue weighted by molar-refractivity contribution is 6.15. The first kappa shape index (κ1) is 24.0. The zero-order chi connectivity index (χ0) is 25.8. The van der Waals surface area contributed by atoms with Crippen molar-refractivity contribution in [3.05, 3.63) is 113 Å². The van der Waals surface area contributed by atoms with Crippen LogP contribution < -0.4 is 10.2 Å². The third-order valence-corrected chi connectivity index (χ3v) is 6.40. The molecule has 0 aliphatic carbocycles. The summed E-state index contributed by atoms with van der Waals surface area (Å²) in [5, 5.41) is 25.2. The lowest BCUT2D eigenvalue weighted by molar-refractivity contribution is 0.0947. The van der Waals surface area contributed by atoms with Crippen molar-refractivity contribution in [2.24, 2.45) is 0 Å². The first-order chi connectivity index (χ1) is 18.1. The summed E-state index contributed by atoms with van der Waals surface area (Å²) >= 11 is 0. The molecule has 8 heteroatoms. The molecule has 1 aromatic heterocycles. The number of nitriles is 1. The second-order valence-corrected chi connectivity index (χ2v) is 8.87. The number of hydrogen-bond donors (Lipinski definition) is 2. The fourth-order valence-corrected chi connectivity index (χ4v) is 4.46. The summed E-state index contributed by atoms with van der Waals surface area (Å²) in [6, 6.07) is 24.7. The normalized spacial score (nSPS) is 12.6. The minimum Gasteiger partial charge on any atom is -0.396 e. The van der Waals surface area contributed by atoms with E-state index in [0.29, 0.717) is 30.8 Å². The molecule has 2 heterocycles. The van der Waals surface area contributed by atoms with E-state index in [9.17, 15) is 9.59 Å². The summed E-state index contributed by atoms with van der Waals surface area (Å²) in [6.45, 7) is 1.06. The maximum absolute atomic E-state index is 13.4. The lowest BCUT2D eigenvalue weighted by Gasteiger charge is -2.28. The quantitative estimate of drug-likeness (QED) is 0.409. The zero-order valence-electron chi connectivity index (χ0n) is 20.1. The number of rotatable bonds is 7. The number of hydrogen-bond acceptors (Lipinski definition) is 5. The Morgan fingerprint density at radius 1 is 1.00 bits per heavy atom. The first-order valence-corrected chi connectivity index (χ1v) is 12.0. The summed E-state index contributed by atoms with van der Waals surface area (Å²) in [6.07, 6.45) is 2.82. The van der Waals surface area contributed by atoms with Crippen LogP contribution in [0.15, 0.2) is 79.0 Å². The fourth-order valence-electron chi connectivity index (χ4n) is 4.46. The molecule has 2 amide bonds. The van der Waals surface area contributed by atoms with Crippen molar-refractivity contribution in [3.63, 3.8) is 0 Å². The molecule has 0 spiro atoms. The number of carbonyl (C=O) groups is 2. The van der Waals surface area contributed by atoms with Crippen molar-refractivity contribution in [1.82, 2.24) is 9.78 Å². The maximum Gasteiger partial charge on any atom is 0.277 e. The van der Waals surface area contributed by atoms with Gasteiger partial charge in [-0.25, -0.2) is 0 Å². The fraction of sp³-hybridized carbons (Fsp3) is 0.172. The molecule has 2 N–H and O–H groups in total. The third kappa shape index (κ3) is 5.13. The third-order valence-electron chi connectivity index (χ3n) is 6.40. The molecule has 3 aromatic carbocycles. The topological polar surface area (TPSA) is 111 Å². The Bertz CT molecular complexity index is 1480. The van der Waals surface area contributed by atoms with E-state index in [1.165, 1.54) is 11.8 Å². The number of benzene rings is 3. The minimum atomic E-state index is -0.452. The van der Waals surface area contributed by atoms with E-state index in [1.54, 1.807) is 33.8 Å². The van der Waals surface area contributed by atoms with Gasteiger partial charge >= 0.3 is 0 Å². The average Bonchev–Trinajstić information content (AvgIpc) is 3.36. The predicted octanol–water partition coefficient (Wildman–Crippen LogP) is 3.79. The highest BCUT2D eigenvalue weighted by atomic mass is 16.3. The molecule has 0 unspecified atom stereocenters. The Morgan fingerprint density at radius 2 is 1.70 bits per heavy atom. The number of carbonyl (C=O) groups excluding carboxylic acids is 2. The van der Waals surface area contributed by atoms with E-state index >= 15 is 0 Å². The number of nitrogens with one attached hydrogen (secondary N) is 1. The highest BCUT2D eigenvalue weighted by Crippen LogP contribution is 2.25. The van der Waals surface area contributed by atoms with Crippen LogP contribution in [0.3, 0.4) is 0 Å². The van der Waals surface area contributed by atoms with E-state index < -0.39 is 5.91 Å². The van der Waals surface area contributed by atoms with Crippen LogP contribution in [0.25, 0.3) is 0 Å². The molecular formula is C29H25N5O3. The number of anilines is 2. The molecule has 1 aliphatic rings. The largest absolute Gasteiger partial charge is 0.396 e. The summed E-state index contributed by atoms with van der Waals surface area (Å²) in [4.78, 5) is 28.1.